The zero-order valence-corrected chi connectivity index (χ0v) is 15.2. The molecule has 1 amide bonds. The number of nitro groups is 1. The van der Waals surface area contributed by atoms with Gasteiger partial charge in [0, 0.05) is 23.8 Å². The molecule has 3 aromatic rings. The summed E-state index contributed by atoms with van der Waals surface area (Å²) in [6.45, 7) is 0. The number of hydrogen-bond acceptors (Lipinski definition) is 6. The molecule has 0 spiro atoms. The van der Waals surface area contributed by atoms with E-state index in [9.17, 15) is 14.9 Å². The quantitative estimate of drug-likeness (QED) is 0.393. The first kappa shape index (κ1) is 17.7. The second-order valence-electron chi connectivity index (χ2n) is 5.83. The van der Waals surface area contributed by atoms with Gasteiger partial charge in [-0.2, -0.15) is 0 Å². The number of hydrogen-bond donors (Lipinski definition) is 1. The molecule has 1 saturated heterocycles. The maximum absolute atomic E-state index is 12.2. The van der Waals surface area contributed by atoms with E-state index in [4.69, 9.17) is 4.42 Å². The number of nitrogens with zero attached hydrogens (tertiary/aromatic N) is 2. The van der Waals surface area contributed by atoms with E-state index in [0.29, 0.717) is 27.2 Å². The van der Waals surface area contributed by atoms with Crippen molar-refractivity contribution in [3.05, 3.63) is 87.5 Å². The van der Waals surface area contributed by atoms with Crippen LogP contribution in [0.3, 0.4) is 0 Å². The van der Waals surface area contributed by atoms with Crippen LogP contribution in [0.15, 0.2) is 81.0 Å². The van der Waals surface area contributed by atoms with Crippen molar-refractivity contribution in [3.63, 3.8) is 0 Å². The summed E-state index contributed by atoms with van der Waals surface area (Å²) in [5, 5.41) is 14.1. The number of carbonyl (C=O) groups excluding carboxylic acids is 1. The molecule has 0 bridgehead atoms. The average molecular weight is 391 g/mol. The van der Waals surface area contributed by atoms with Gasteiger partial charge in [0.15, 0.2) is 5.17 Å². The van der Waals surface area contributed by atoms with E-state index < -0.39 is 4.92 Å². The van der Waals surface area contributed by atoms with Crippen LogP contribution in [0.2, 0.25) is 0 Å². The highest BCUT2D eigenvalue weighted by Gasteiger charge is 2.24. The van der Waals surface area contributed by atoms with E-state index in [1.807, 2.05) is 30.3 Å². The van der Waals surface area contributed by atoms with Gasteiger partial charge < -0.3 is 9.73 Å². The van der Waals surface area contributed by atoms with Crippen LogP contribution in [0.25, 0.3) is 17.4 Å². The Morgan fingerprint density at radius 1 is 1.07 bits per heavy atom. The monoisotopic (exact) mass is 391 g/mol. The average Bonchev–Trinajstić information content (AvgIpc) is 3.30. The van der Waals surface area contributed by atoms with Gasteiger partial charge in [-0.1, -0.05) is 30.3 Å². The molecule has 1 aromatic heterocycles. The number of nitro benzene ring substituents is 1. The zero-order valence-electron chi connectivity index (χ0n) is 14.4. The van der Waals surface area contributed by atoms with Crippen LogP contribution in [-0.2, 0) is 4.79 Å². The normalized spacial score (nSPS) is 16.5. The summed E-state index contributed by atoms with van der Waals surface area (Å²) in [6.07, 6.45) is 1.62. The predicted octanol–water partition coefficient (Wildman–Crippen LogP) is 4.75. The summed E-state index contributed by atoms with van der Waals surface area (Å²) < 4.78 is 5.74. The SMILES string of the molecule is O=C1NC(=Nc2ccccc2)SC1=Cc1ccc(-c2cccc([N+](=O)[O-])c2)o1. The zero-order chi connectivity index (χ0) is 19.5. The van der Waals surface area contributed by atoms with Gasteiger partial charge in [0.2, 0.25) is 0 Å². The minimum atomic E-state index is -0.456. The van der Waals surface area contributed by atoms with Gasteiger partial charge in [0.25, 0.3) is 11.6 Å². The first-order valence-corrected chi connectivity index (χ1v) is 9.09. The number of carbonyl (C=O) groups is 1. The number of para-hydroxylation sites is 1. The van der Waals surface area contributed by atoms with Crippen molar-refractivity contribution in [1.82, 2.24) is 5.32 Å². The summed E-state index contributed by atoms with van der Waals surface area (Å²) in [7, 11) is 0. The lowest BCUT2D eigenvalue weighted by molar-refractivity contribution is -0.384. The molecule has 4 rings (SSSR count). The van der Waals surface area contributed by atoms with E-state index >= 15 is 0 Å². The molecule has 0 atom stereocenters. The molecule has 138 valence electrons. The lowest BCUT2D eigenvalue weighted by Gasteiger charge is -1.97. The molecule has 8 heteroatoms. The van der Waals surface area contributed by atoms with E-state index in [2.05, 4.69) is 10.3 Å². The van der Waals surface area contributed by atoms with Gasteiger partial charge in [-0.15, -0.1) is 0 Å². The lowest BCUT2D eigenvalue weighted by Crippen LogP contribution is -2.19. The molecular formula is C20H13N3O4S. The minimum Gasteiger partial charge on any atom is -0.457 e. The number of rotatable bonds is 4. The van der Waals surface area contributed by atoms with Crippen LogP contribution < -0.4 is 5.32 Å². The Hall–Kier alpha value is -3.65. The molecule has 0 aliphatic carbocycles. The first-order valence-electron chi connectivity index (χ1n) is 8.28. The number of benzene rings is 2. The summed E-state index contributed by atoms with van der Waals surface area (Å²) in [6, 6.07) is 18.9. The van der Waals surface area contributed by atoms with Crippen molar-refractivity contribution in [2.45, 2.75) is 0 Å². The Morgan fingerprint density at radius 3 is 2.68 bits per heavy atom. The van der Waals surface area contributed by atoms with Crippen LogP contribution in [0.4, 0.5) is 11.4 Å². The van der Waals surface area contributed by atoms with Crippen LogP contribution in [0.5, 0.6) is 0 Å². The van der Waals surface area contributed by atoms with Gasteiger partial charge in [-0.3, -0.25) is 14.9 Å². The van der Waals surface area contributed by atoms with Crippen molar-refractivity contribution in [3.8, 4) is 11.3 Å². The lowest BCUT2D eigenvalue weighted by atomic mass is 10.1. The Bertz CT molecular complexity index is 1120. The third-order valence-electron chi connectivity index (χ3n) is 3.88. The smallest absolute Gasteiger partial charge is 0.270 e. The van der Waals surface area contributed by atoms with Crippen molar-refractivity contribution in [2.24, 2.45) is 4.99 Å². The van der Waals surface area contributed by atoms with Gasteiger partial charge in [0.1, 0.15) is 11.5 Å². The standard InChI is InChI=1S/C20H13N3O4S/c24-19-18(28-20(22-19)21-14-6-2-1-3-7-14)12-16-9-10-17(27-16)13-5-4-8-15(11-13)23(25)26/h1-12H,(H,21,22,24). The molecule has 1 fully saturated rings. The largest absolute Gasteiger partial charge is 0.457 e. The number of nitrogens with one attached hydrogen (secondary N) is 1. The fraction of sp³-hybridized carbons (Fsp3) is 0. The van der Waals surface area contributed by atoms with Gasteiger partial charge in [0.05, 0.1) is 15.5 Å². The fourth-order valence-electron chi connectivity index (χ4n) is 2.59. The van der Waals surface area contributed by atoms with Crippen LogP contribution in [0, 0.1) is 10.1 Å². The topological polar surface area (TPSA) is 97.7 Å². The maximum atomic E-state index is 12.2. The maximum Gasteiger partial charge on any atom is 0.270 e. The number of aliphatic imine (C=N–C) groups is 1. The number of non-ortho nitro benzene ring substituents is 1. The predicted molar refractivity (Wildman–Crippen MR) is 108 cm³/mol. The minimum absolute atomic E-state index is 0.0127. The van der Waals surface area contributed by atoms with Gasteiger partial charge in [-0.05, 0) is 36.0 Å². The number of furan rings is 1. The number of amidine groups is 1. The third-order valence-corrected chi connectivity index (χ3v) is 4.79. The molecule has 28 heavy (non-hydrogen) atoms. The molecule has 0 unspecified atom stereocenters. The second kappa shape index (κ2) is 7.53. The third kappa shape index (κ3) is 3.86. The highest BCUT2D eigenvalue weighted by atomic mass is 32.2. The molecule has 1 aliphatic heterocycles. The van der Waals surface area contributed by atoms with Crippen molar-refractivity contribution in [1.29, 1.82) is 0 Å². The Kier molecular flexibility index (Phi) is 4.77. The van der Waals surface area contributed by atoms with Gasteiger partial charge >= 0.3 is 0 Å². The molecule has 1 aliphatic rings. The highest BCUT2D eigenvalue weighted by molar-refractivity contribution is 8.18. The fourth-order valence-corrected chi connectivity index (χ4v) is 3.41. The van der Waals surface area contributed by atoms with E-state index in [0.717, 1.165) is 5.69 Å². The van der Waals surface area contributed by atoms with Crippen LogP contribution in [0.1, 0.15) is 5.76 Å². The van der Waals surface area contributed by atoms with Crippen molar-refractivity contribution >= 4 is 40.3 Å². The summed E-state index contributed by atoms with van der Waals surface area (Å²) >= 11 is 1.22. The summed E-state index contributed by atoms with van der Waals surface area (Å²) in [5.74, 6) is 0.699. The second-order valence-corrected chi connectivity index (χ2v) is 6.86. The van der Waals surface area contributed by atoms with Gasteiger partial charge in [-0.25, -0.2) is 4.99 Å². The summed E-state index contributed by atoms with van der Waals surface area (Å²) in [4.78, 5) is 27.5. The molecule has 2 aromatic carbocycles. The molecular weight excluding hydrogens is 378 g/mol. The molecule has 2 heterocycles. The van der Waals surface area contributed by atoms with E-state index in [1.54, 1.807) is 30.3 Å². The summed E-state index contributed by atoms with van der Waals surface area (Å²) in [5.41, 5.74) is 1.33. The van der Waals surface area contributed by atoms with Crippen LogP contribution >= 0.6 is 11.8 Å². The first-order chi connectivity index (χ1) is 13.6. The molecule has 0 radical (unpaired) electrons. The van der Waals surface area contributed by atoms with E-state index in [-0.39, 0.29) is 11.6 Å². The Morgan fingerprint density at radius 2 is 1.89 bits per heavy atom. The molecule has 7 nitrogen and oxygen atoms in total. The highest BCUT2D eigenvalue weighted by Crippen LogP contribution is 2.30. The molecule has 1 N–H and O–H groups in total. The van der Waals surface area contributed by atoms with Crippen LogP contribution in [-0.4, -0.2) is 16.0 Å². The van der Waals surface area contributed by atoms with Crippen molar-refractivity contribution < 1.29 is 14.1 Å². The Labute approximate surface area is 163 Å². The number of thioether (sulfide) groups is 1. The number of amides is 1. The van der Waals surface area contributed by atoms with E-state index in [1.165, 1.54) is 23.9 Å². The molecule has 0 saturated carbocycles. The Balaban J connectivity index is 1.55. The van der Waals surface area contributed by atoms with Crippen molar-refractivity contribution in [2.75, 3.05) is 0 Å².